The standard InChI is InChI=1S/C7H13BrO2/c1-6(4-3-5-8)7(9)10-2/h6H,3-5H2,1-2H3/t6-/m1/s1. The summed E-state index contributed by atoms with van der Waals surface area (Å²) in [5.74, 6) is -0.0662. The van der Waals surface area contributed by atoms with Crippen molar-refractivity contribution >= 4 is 21.9 Å². The fraction of sp³-hybridized carbons (Fsp3) is 0.857. The molecule has 0 saturated heterocycles. The van der Waals surface area contributed by atoms with Gasteiger partial charge in [0, 0.05) is 5.33 Å². The SMILES string of the molecule is COC(=O)[C@H](C)CCCBr. The molecule has 10 heavy (non-hydrogen) atoms. The van der Waals surface area contributed by atoms with Gasteiger partial charge in [-0.1, -0.05) is 22.9 Å². The lowest BCUT2D eigenvalue weighted by molar-refractivity contribution is -0.145. The Morgan fingerprint density at radius 1 is 1.70 bits per heavy atom. The van der Waals surface area contributed by atoms with E-state index in [1.54, 1.807) is 0 Å². The fourth-order valence-electron chi connectivity index (χ4n) is 0.702. The maximum atomic E-state index is 10.8. The lowest BCUT2D eigenvalue weighted by Gasteiger charge is -2.06. The van der Waals surface area contributed by atoms with E-state index in [1.165, 1.54) is 7.11 Å². The maximum Gasteiger partial charge on any atom is 0.308 e. The highest BCUT2D eigenvalue weighted by Gasteiger charge is 2.11. The molecule has 0 fully saturated rings. The van der Waals surface area contributed by atoms with Gasteiger partial charge < -0.3 is 4.74 Å². The summed E-state index contributed by atoms with van der Waals surface area (Å²) in [7, 11) is 1.42. The van der Waals surface area contributed by atoms with Crippen LogP contribution in [0.25, 0.3) is 0 Å². The van der Waals surface area contributed by atoms with Crippen LogP contribution in [-0.2, 0) is 9.53 Å². The molecule has 0 heterocycles. The van der Waals surface area contributed by atoms with Gasteiger partial charge in [0.25, 0.3) is 0 Å². The normalized spacial score (nSPS) is 12.7. The monoisotopic (exact) mass is 208 g/mol. The first-order valence-corrected chi connectivity index (χ1v) is 4.48. The van der Waals surface area contributed by atoms with Crippen LogP contribution in [0.4, 0.5) is 0 Å². The molecular weight excluding hydrogens is 196 g/mol. The number of halogens is 1. The zero-order chi connectivity index (χ0) is 7.98. The Bertz CT molecular complexity index is 104. The van der Waals surface area contributed by atoms with Crippen LogP contribution in [0.15, 0.2) is 0 Å². The minimum absolute atomic E-state index is 0.0440. The van der Waals surface area contributed by atoms with Gasteiger partial charge in [0.15, 0.2) is 0 Å². The summed E-state index contributed by atoms with van der Waals surface area (Å²) in [4.78, 5) is 10.8. The smallest absolute Gasteiger partial charge is 0.308 e. The molecule has 0 saturated carbocycles. The molecule has 0 aliphatic carbocycles. The quantitative estimate of drug-likeness (QED) is 0.522. The Morgan fingerprint density at radius 3 is 2.70 bits per heavy atom. The van der Waals surface area contributed by atoms with E-state index in [0.29, 0.717) is 0 Å². The number of alkyl halides is 1. The Balaban J connectivity index is 3.41. The maximum absolute atomic E-state index is 10.8. The Morgan fingerprint density at radius 2 is 2.30 bits per heavy atom. The second-order valence-electron chi connectivity index (χ2n) is 2.26. The Labute approximate surface area is 70.1 Å². The largest absolute Gasteiger partial charge is 0.469 e. The molecule has 0 aromatic carbocycles. The molecule has 60 valence electrons. The van der Waals surface area contributed by atoms with Crippen LogP contribution >= 0.6 is 15.9 Å². The van der Waals surface area contributed by atoms with Crippen LogP contribution in [-0.4, -0.2) is 18.4 Å². The molecule has 0 rings (SSSR count). The van der Waals surface area contributed by atoms with E-state index in [0.717, 1.165) is 18.2 Å². The van der Waals surface area contributed by atoms with Crippen molar-refractivity contribution in [2.75, 3.05) is 12.4 Å². The number of rotatable bonds is 4. The van der Waals surface area contributed by atoms with E-state index in [9.17, 15) is 4.79 Å². The molecule has 0 aliphatic heterocycles. The van der Waals surface area contributed by atoms with Gasteiger partial charge >= 0.3 is 5.97 Å². The van der Waals surface area contributed by atoms with Crippen molar-refractivity contribution in [1.29, 1.82) is 0 Å². The first kappa shape index (κ1) is 9.95. The zero-order valence-corrected chi connectivity index (χ0v) is 7.98. The molecule has 0 spiro atoms. The number of hydrogen-bond donors (Lipinski definition) is 0. The van der Waals surface area contributed by atoms with Gasteiger partial charge in [0.1, 0.15) is 0 Å². The molecule has 1 atom stereocenters. The molecule has 0 aromatic heterocycles. The number of methoxy groups -OCH3 is 1. The summed E-state index contributed by atoms with van der Waals surface area (Å²) < 4.78 is 4.55. The summed E-state index contributed by atoms with van der Waals surface area (Å²) in [6, 6.07) is 0. The van der Waals surface area contributed by atoms with Crippen molar-refractivity contribution in [3.05, 3.63) is 0 Å². The van der Waals surface area contributed by atoms with Crippen LogP contribution in [0.1, 0.15) is 19.8 Å². The molecule has 0 aliphatic rings. The summed E-state index contributed by atoms with van der Waals surface area (Å²) in [5.41, 5.74) is 0. The molecule has 0 bridgehead atoms. The first-order chi connectivity index (χ1) is 4.72. The summed E-state index contributed by atoms with van der Waals surface area (Å²) in [6.45, 7) is 1.88. The van der Waals surface area contributed by atoms with Crippen molar-refractivity contribution in [3.63, 3.8) is 0 Å². The zero-order valence-electron chi connectivity index (χ0n) is 6.39. The molecule has 0 aromatic rings. The Kier molecular flexibility index (Phi) is 5.69. The van der Waals surface area contributed by atoms with Gasteiger partial charge in [-0.15, -0.1) is 0 Å². The molecular formula is C7H13BrO2. The highest BCUT2D eigenvalue weighted by atomic mass is 79.9. The van der Waals surface area contributed by atoms with Gasteiger partial charge in [0.2, 0.25) is 0 Å². The van der Waals surface area contributed by atoms with Crippen molar-refractivity contribution in [2.45, 2.75) is 19.8 Å². The number of ether oxygens (including phenoxy) is 1. The lowest BCUT2D eigenvalue weighted by Crippen LogP contribution is -2.12. The number of hydrogen-bond acceptors (Lipinski definition) is 2. The predicted octanol–water partition coefficient (Wildman–Crippen LogP) is 1.97. The lowest BCUT2D eigenvalue weighted by atomic mass is 10.1. The van der Waals surface area contributed by atoms with Gasteiger partial charge in [-0.25, -0.2) is 0 Å². The van der Waals surface area contributed by atoms with Crippen LogP contribution < -0.4 is 0 Å². The van der Waals surface area contributed by atoms with E-state index < -0.39 is 0 Å². The van der Waals surface area contributed by atoms with Crippen molar-refractivity contribution in [1.82, 2.24) is 0 Å². The summed E-state index contributed by atoms with van der Waals surface area (Å²) in [5, 5.41) is 0.953. The molecule has 0 unspecified atom stereocenters. The van der Waals surface area contributed by atoms with Crippen molar-refractivity contribution < 1.29 is 9.53 Å². The van der Waals surface area contributed by atoms with E-state index in [-0.39, 0.29) is 11.9 Å². The van der Waals surface area contributed by atoms with E-state index in [1.807, 2.05) is 6.92 Å². The average molecular weight is 209 g/mol. The first-order valence-electron chi connectivity index (χ1n) is 3.36. The minimum Gasteiger partial charge on any atom is -0.469 e. The predicted molar refractivity (Wildman–Crippen MR) is 44.2 cm³/mol. The van der Waals surface area contributed by atoms with E-state index in [4.69, 9.17) is 0 Å². The molecule has 3 heteroatoms. The fourth-order valence-corrected chi connectivity index (χ4v) is 1.03. The van der Waals surface area contributed by atoms with Gasteiger partial charge in [0.05, 0.1) is 13.0 Å². The van der Waals surface area contributed by atoms with Crippen LogP contribution in [0.3, 0.4) is 0 Å². The second-order valence-corrected chi connectivity index (χ2v) is 3.05. The van der Waals surface area contributed by atoms with E-state index >= 15 is 0 Å². The third-order valence-electron chi connectivity index (χ3n) is 1.37. The highest BCUT2D eigenvalue weighted by molar-refractivity contribution is 9.09. The third kappa shape index (κ3) is 3.88. The molecule has 0 amide bonds. The third-order valence-corrected chi connectivity index (χ3v) is 1.94. The average Bonchev–Trinajstić information content (AvgIpc) is 1.98. The number of esters is 1. The second kappa shape index (κ2) is 5.71. The van der Waals surface area contributed by atoms with Gasteiger partial charge in [-0.3, -0.25) is 4.79 Å². The number of carbonyl (C=O) groups excluding carboxylic acids is 1. The molecule has 2 nitrogen and oxygen atoms in total. The summed E-state index contributed by atoms with van der Waals surface area (Å²) in [6.07, 6.45) is 1.92. The van der Waals surface area contributed by atoms with Crippen LogP contribution in [0.2, 0.25) is 0 Å². The van der Waals surface area contributed by atoms with Gasteiger partial charge in [-0.05, 0) is 12.8 Å². The van der Waals surface area contributed by atoms with Gasteiger partial charge in [-0.2, -0.15) is 0 Å². The van der Waals surface area contributed by atoms with Crippen LogP contribution in [0, 0.1) is 5.92 Å². The van der Waals surface area contributed by atoms with E-state index in [2.05, 4.69) is 20.7 Å². The number of carbonyl (C=O) groups is 1. The Hall–Kier alpha value is -0.0500. The van der Waals surface area contributed by atoms with Crippen LogP contribution in [0.5, 0.6) is 0 Å². The topological polar surface area (TPSA) is 26.3 Å². The van der Waals surface area contributed by atoms with Crippen molar-refractivity contribution in [2.24, 2.45) is 5.92 Å². The highest BCUT2D eigenvalue weighted by Crippen LogP contribution is 2.07. The molecule has 0 radical (unpaired) electrons. The molecule has 0 N–H and O–H groups in total. The van der Waals surface area contributed by atoms with Crippen molar-refractivity contribution in [3.8, 4) is 0 Å². The minimum atomic E-state index is -0.110. The summed E-state index contributed by atoms with van der Waals surface area (Å²) >= 11 is 3.30.